The summed E-state index contributed by atoms with van der Waals surface area (Å²) in [4.78, 5) is 0. The Kier molecular flexibility index (Phi) is 5.66. The van der Waals surface area contributed by atoms with Gasteiger partial charge in [-0.1, -0.05) is 0 Å². The van der Waals surface area contributed by atoms with Gasteiger partial charge in [-0.25, -0.2) is 0 Å². The Balaban J connectivity index is 2.31. The van der Waals surface area contributed by atoms with Crippen molar-refractivity contribution < 1.29 is 43.8 Å². The van der Waals surface area contributed by atoms with E-state index < -0.39 is 0 Å². The van der Waals surface area contributed by atoms with Crippen molar-refractivity contribution >= 4 is 12.0 Å². The summed E-state index contributed by atoms with van der Waals surface area (Å²) in [6.45, 7) is 2.33. The fourth-order valence-electron chi connectivity index (χ4n) is 1.52. The van der Waals surface area contributed by atoms with Gasteiger partial charge in [-0.2, -0.15) is 0 Å². The molecule has 2 rings (SSSR count). The first-order chi connectivity index (χ1) is 7.92. The van der Waals surface area contributed by atoms with E-state index in [-0.39, 0.29) is 45.1 Å². The van der Waals surface area contributed by atoms with Gasteiger partial charge in [-0.3, -0.25) is 0 Å². The Morgan fingerprint density at radius 3 is 1.62 bits per heavy atom. The molecule has 0 N–H and O–H groups in total. The second kappa shape index (κ2) is 7.01. The van der Waals surface area contributed by atoms with Crippen LogP contribution in [0.1, 0.15) is 6.92 Å². The quantitative estimate of drug-likeness (QED) is 0.726. The van der Waals surface area contributed by atoms with Crippen molar-refractivity contribution in [1.29, 1.82) is 0 Å². The van der Waals surface area contributed by atoms with Crippen LogP contribution in [0.5, 0.6) is 0 Å². The second-order valence-corrected chi connectivity index (χ2v) is 12.4. The predicted molar refractivity (Wildman–Crippen MR) is 69.6 cm³/mol. The van der Waals surface area contributed by atoms with E-state index >= 15 is 0 Å². The molecule has 0 spiro atoms. The molecule has 0 amide bonds. The summed E-state index contributed by atoms with van der Waals surface area (Å²) in [7, 11) is 0. The summed E-state index contributed by atoms with van der Waals surface area (Å²) in [5.74, 6) is 0. The van der Waals surface area contributed by atoms with Gasteiger partial charge in [0, 0.05) is 0 Å². The normalized spacial score (nSPS) is 10.6. The molecule has 0 saturated heterocycles. The van der Waals surface area contributed by atoms with Crippen molar-refractivity contribution in [3.8, 4) is 0 Å². The van der Waals surface area contributed by atoms with Crippen molar-refractivity contribution in [3.63, 3.8) is 0 Å². The predicted octanol–water partition coefficient (Wildman–Crippen LogP) is 3.56. The molecule has 0 atom stereocenters. The summed E-state index contributed by atoms with van der Waals surface area (Å²) in [5, 5.41) is 3.12. The number of hydrogen-bond donors (Lipinski definition) is 0. The van der Waals surface area contributed by atoms with E-state index in [4.69, 9.17) is 0 Å². The zero-order chi connectivity index (χ0) is 11.2. The molecule has 0 heterocycles. The molecule has 0 bridgehead atoms. The molecule has 0 saturated carbocycles. The molecule has 0 aliphatic rings. The van der Waals surface area contributed by atoms with E-state index in [0.29, 0.717) is 0 Å². The molecule has 0 nitrogen and oxygen atoms in total. The standard InChI is InChI=1S/C12H10P.C2H5.Eu/c1-3-7-11(8-4-1)13-12-9-5-2-6-10-12;1-2;/h1-10H;1H2,2H3;/q-1;;+1. The molecule has 0 radical (unpaired) electrons. The van der Waals surface area contributed by atoms with Crippen molar-refractivity contribution in [2.45, 2.75) is 7.74 Å². The van der Waals surface area contributed by atoms with E-state index in [9.17, 15) is 0 Å². The summed E-state index contributed by atoms with van der Waals surface area (Å²) in [6, 6.07) is 22.1. The van der Waals surface area contributed by atoms with Gasteiger partial charge in [0.1, 0.15) is 0 Å². The molecule has 83 valence electrons. The van der Waals surface area contributed by atoms with Gasteiger partial charge >= 0.3 is 124 Å². The van der Waals surface area contributed by atoms with Crippen molar-refractivity contribution in [3.05, 3.63) is 60.7 Å². The van der Waals surface area contributed by atoms with E-state index in [1.165, 1.54) is 0.815 Å². The summed E-state index contributed by atoms with van der Waals surface area (Å²) in [6.07, 6.45) is 0. The molecule has 0 aromatic heterocycles. The topological polar surface area (TPSA) is 0 Å². The van der Waals surface area contributed by atoms with Gasteiger partial charge in [0.15, 0.2) is 0 Å². The van der Waals surface area contributed by atoms with Gasteiger partial charge in [-0.15, -0.1) is 0 Å². The van der Waals surface area contributed by atoms with Gasteiger partial charge in [0.2, 0.25) is 0 Å². The maximum absolute atomic E-state index is 2.33. The van der Waals surface area contributed by atoms with E-state index in [1.54, 1.807) is 10.6 Å². The molecular formula is C14H15EuP. The molecule has 2 heteroatoms. The molecule has 0 aliphatic carbocycles. The fourth-order valence-corrected chi connectivity index (χ4v) is 10.3. The molecule has 2 aromatic carbocycles. The fraction of sp³-hybridized carbons (Fsp3) is 0.143. The molecule has 16 heavy (non-hydrogen) atoms. The van der Waals surface area contributed by atoms with Gasteiger partial charge in [0.25, 0.3) is 0 Å². The van der Waals surface area contributed by atoms with Crippen LogP contribution in [0.4, 0.5) is 0 Å². The molecule has 2 aromatic rings. The van der Waals surface area contributed by atoms with Crippen molar-refractivity contribution in [1.82, 2.24) is 0 Å². The van der Waals surface area contributed by atoms with Crippen LogP contribution in [0.3, 0.4) is 0 Å². The third-order valence-corrected chi connectivity index (χ3v) is 12.5. The van der Waals surface area contributed by atoms with Crippen LogP contribution in [0.25, 0.3) is 0 Å². The average molecular weight is 366 g/mol. The monoisotopic (exact) mass is 367 g/mol. The van der Waals surface area contributed by atoms with Crippen LogP contribution in [-0.2, 0) is 0 Å². The van der Waals surface area contributed by atoms with Crippen molar-refractivity contribution in [2.75, 3.05) is 0 Å². The van der Waals surface area contributed by atoms with E-state index in [2.05, 4.69) is 67.6 Å². The first kappa shape index (κ1) is 12.9. The number of hydrogen-bond acceptors (Lipinski definition) is 0. The molecule has 0 unspecified atom stereocenters. The van der Waals surface area contributed by atoms with Gasteiger partial charge < -0.3 is 0 Å². The molecular weight excluding hydrogens is 351 g/mol. The number of benzene rings is 2. The average Bonchev–Trinajstić information content (AvgIpc) is 2.38. The Morgan fingerprint density at radius 2 is 1.25 bits per heavy atom. The van der Waals surface area contributed by atoms with E-state index in [1.807, 2.05) is 0 Å². The Labute approximate surface area is 122 Å². The Bertz CT molecular complexity index is 374. The van der Waals surface area contributed by atoms with Crippen molar-refractivity contribution in [2.24, 2.45) is 0 Å². The van der Waals surface area contributed by atoms with E-state index in [0.717, 1.165) is 0 Å². The third-order valence-electron chi connectivity index (χ3n) is 2.20. The van der Waals surface area contributed by atoms with Gasteiger partial charge in [0.05, 0.1) is 0 Å². The zero-order valence-electron chi connectivity index (χ0n) is 9.31. The second-order valence-electron chi connectivity index (χ2n) is 3.34. The minimum atomic E-state index is -0.124. The zero-order valence-corrected chi connectivity index (χ0v) is 12.6. The third kappa shape index (κ3) is 3.47. The first-order valence-electron chi connectivity index (χ1n) is 5.41. The SMILES string of the molecule is C[CH2][Eu][P](c1ccccc1)c1ccccc1. The van der Waals surface area contributed by atoms with Gasteiger partial charge in [-0.05, 0) is 0 Å². The van der Waals surface area contributed by atoms with Crippen LogP contribution in [0.15, 0.2) is 60.7 Å². The van der Waals surface area contributed by atoms with Crippen LogP contribution < -0.4 is 10.6 Å². The Morgan fingerprint density at radius 1 is 0.812 bits per heavy atom. The summed E-state index contributed by atoms with van der Waals surface area (Å²) in [5.41, 5.74) is 0. The summed E-state index contributed by atoms with van der Waals surface area (Å²) >= 11 is -0.124. The minimum absolute atomic E-state index is 0.00180. The van der Waals surface area contributed by atoms with Crippen LogP contribution in [0.2, 0.25) is 0.815 Å². The van der Waals surface area contributed by atoms with Crippen LogP contribution in [-0.4, -0.2) is 0 Å². The first-order valence-corrected chi connectivity index (χ1v) is 11.6. The maximum atomic E-state index is 2.33. The van der Waals surface area contributed by atoms with Crippen LogP contribution >= 0.6 is 1.35 Å². The number of rotatable bonds is 4. The van der Waals surface area contributed by atoms with Crippen LogP contribution in [0, 0.1) is 43.8 Å². The molecule has 0 fully saturated rings. The summed E-state index contributed by atoms with van der Waals surface area (Å²) < 4.78 is 1.40. The molecule has 0 aliphatic heterocycles. The Hall–Kier alpha value is 0.454.